The molecule has 0 aliphatic rings. The van der Waals surface area contributed by atoms with Gasteiger partial charge in [-0.1, -0.05) is 0 Å². The SMILES string of the molecule is CC(C)(C)NS(=O)(=O)c1ccc(C(=O)Nc2cc(C(F)(F)F)c[nH]c2=O)o1. The molecule has 0 spiro atoms. The van der Waals surface area contributed by atoms with Gasteiger partial charge in [-0.05, 0) is 39.0 Å². The van der Waals surface area contributed by atoms with Crippen LogP contribution in [0, 0.1) is 0 Å². The first-order valence-corrected chi connectivity index (χ1v) is 8.92. The number of amides is 1. The second-order valence-electron chi connectivity index (χ2n) is 6.56. The van der Waals surface area contributed by atoms with Gasteiger partial charge in [0.1, 0.15) is 5.69 Å². The summed E-state index contributed by atoms with van der Waals surface area (Å²) < 4.78 is 69.7. The maximum atomic E-state index is 12.7. The fourth-order valence-corrected chi connectivity index (χ4v) is 3.32. The molecule has 0 aliphatic heterocycles. The molecule has 12 heteroatoms. The molecule has 1 amide bonds. The molecule has 0 saturated heterocycles. The van der Waals surface area contributed by atoms with Crippen molar-refractivity contribution >= 4 is 21.6 Å². The number of halogens is 3. The summed E-state index contributed by atoms with van der Waals surface area (Å²) in [5.74, 6) is -1.59. The van der Waals surface area contributed by atoms with Crippen molar-refractivity contribution in [3.8, 4) is 0 Å². The molecule has 3 N–H and O–H groups in total. The van der Waals surface area contributed by atoms with Gasteiger partial charge in [0.05, 0.1) is 5.56 Å². The zero-order chi connectivity index (χ0) is 20.6. The van der Waals surface area contributed by atoms with Crippen molar-refractivity contribution in [1.29, 1.82) is 0 Å². The van der Waals surface area contributed by atoms with Crippen LogP contribution in [0.4, 0.5) is 18.9 Å². The lowest BCUT2D eigenvalue weighted by molar-refractivity contribution is -0.137. The fraction of sp³-hybridized carbons (Fsp3) is 0.333. The lowest BCUT2D eigenvalue weighted by Gasteiger charge is -2.18. The minimum absolute atomic E-state index is 0.457. The highest BCUT2D eigenvalue weighted by atomic mass is 32.2. The Balaban J connectivity index is 2.26. The first-order valence-electron chi connectivity index (χ1n) is 7.44. The quantitative estimate of drug-likeness (QED) is 0.718. The first-order chi connectivity index (χ1) is 12.2. The van der Waals surface area contributed by atoms with Crippen LogP contribution in [-0.4, -0.2) is 24.8 Å². The maximum Gasteiger partial charge on any atom is 0.417 e. The molecule has 0 aliphatic carbocycles. The predicted molar refractivity (Wildman–Crippen MR) is 88.8 cm³/mol. The first kappa shape index (κ1) is 20.7. The van der Waals surface area contributed by atoms with E-state index in [1.807, 2.05) is 10.3 Å². The summed E-state index contributed by atoms with van der Waals surface area (Å²) in [7, 11) is -4.05. The van der Waals surface area contributed by atoms with Gasteiger partial charge in [0.15, 0.2) is 5.76 Å². The summed E-state index contributed by atoms with van der Waals surface area (Å²) >= 11 is 0. The minimum atomic E-state index is -4.73. The third-order valence-electron chi connectivity index (χ3n) is 2.99. The number of nitrogens with one attached hydrogen (secondary N) is 3. The molecule has 0 fully saturated rings. The van der Waals surface area contributed by atoms with Crippen molar-refractivity contribution in [2.75, 3.05) is 5.32 Å². The number of rotatable bonds is 4. The Bertz CT molecular complexity index is 1020. The summed E-state index contributed by atoms with van der Waals surface area (Å²) in [5, 5.41) is 1.41. The molecule has 0 atom stereocenters. The molecule has 0 saturated carbocycles. The van der Waals surface area contributed by atoms with Crippen molar-refractivity contribution in [2.24, 2.45) is 0 Å². The van der Waals surface area contributed by atoms with Gasteiger partial charge in [-0.2, -0.15) is 13.2 Å². The number of pyridine rings is 1. The smallest absolute Gasteiger partial charge is 0.417 e. The van der Waals surface area contributed by atoms with E-state index in [0.29, 0.717) is 12.3 Å². The topological polar surface area (TPSA) is 121 Å². The van der Waals surface area contributed by atoms with Gasteiger partial charge in [0, 0.05) is 11.7 Å². The van der Waals surface area contributed by atoms with Gasteiger partial charge in [0.2, 0.25) is 5.09 Å². The highest BCUT2D eigenvalue weighted by Crippen LogP contribution is 2.29. The third kappa shape index (κ3) is 5.20. The Morgan fingerprint density at radius 2 is 1.81 bits per heavy atom. The van der Waals surface area contributed by atoms with Crippen LogP contribution in [0.25, 0.3) is 0 Å². The molecular formula is C15H16F3N3O5S. The molecule has 27 heavy (non-hydrogen) atoms. The fourth-order valence-electron chi connectivity index (χ4n) is 1.96. The molecule has 2 rings (SSSR count). The highest BCUT2D eigenvalue weighted by molar-refractivity contribution is 7.89. The molecule has 0 radical (unpaired) electrons. The molecular weight excluding hydrogens is 391 g/mol. The van der Waals surface area contributed by atoms with E-state index in [-0.39, 0.29) is 0 Å². The van der Waals surface area contributed by atoms with Gasteiger partial charge < -0.3 is 14.7 Å². The van der Waals surface area contributed by atoms with Crippen molar-refractivity contribution < 1.29 is 30.8 Å². The summed E-state index contributed by atoms with van der Waals surface area (Å²) in [6.07, 6.45) is -4.26. The Hall–Kier alpha value is -2.60. The van der Waals surface area contributed by atoms with Crippen LogP contribution in [0.5, 0.6) is 0 Å². The number of aromatic nitrogens is 1. The van der Waals surface area contributed by atoms with E-state index >= 15 is 0 Å². The van der Waals surface area contributed by atoms with E-state index in [9.17, 15) is 31.2 Å². The highest BCUT2D eigenvalue weighted by Gasteiger charge is 2.32. The molecule has 0 aromatic carbocycles. The van der Waals surface area contributed by atoms with E-state index < -0.39 is 55.3 Å². The van der Waals surface area contributed by atoms with Crippen LogP contribution in [0.2, 0.25) is 0 Å². The normalized spacial score (nSPS) is 12.8. The third-order valence-corrected chi connectivity index (χ3v) is 4.62. The van der Waals surface area contributed by atoms with Gasteiger partial charge in [-0.25, -0.2) is 13.1 Å². The van der Waals surface area contributed by atoms with E-state index in [1.165, 1.54) is 0 Å². The minimum Gasteiger partial charge on any atom is -0.438 e. The molecule has 0 unspecified atom stereocenters. The number of sulfonamides is 1. The summed E-state index contributed by atoms with van der Waals surface area (Å²) in [4.78, 5) is 25.6. The maximum absolute atomic E-state index is 12.7. The van der Waals surface area contributed by atoms with E-state index in [4.69, 9.17) is 4.42 Å². The Morgan fingerprint density at radius 3 is 2.37 bits per heavy atom. The molecule has 0 bridgehead atoms. The summed E-state index contributed by atoms with van der Waals surface area (Å²) in [5.41, 5.74) is -3.61. The van der Waals surface area contributed by atoms with Crippen LogP contribution in [0.1, 0.15) is 36.9 Å². The molecule has 2 aromatic heterocycles. The van der Waals surface area contributed by atoms with Gasteiger partial charge in [0.25, 0.3) is 21.5 Å². The Morgan fingerprint density at radius 1 is 1.19 bits per heavy atom. The lowest BCUT2D eigenvalue weighted by atomic mass is 10.1. The summed E-state index contributed by atoms with van der Waals surface area (Å²) in [6.45, 7) is 4.79. The largest absolute Gasteiger partial charge is 0.438 e. The molecule has 8 nitrogen and oxygen atoms in total. The molecule has 2 aromatic rings. The molecule has 2 heterocycles. The van der Waals surface area contributed by atoms with Crippen LogP contribution in [0.15, 0.2) is 38.7 Å². The second kappa shape index (κ2) is 6.85. The average molecular weight is 407 g/mol. The monoisotopic (exact) mass is 407 g/mol. The lowest BCUT2D eigenvalue weighted by Crippen LogP contribution is -2.40. The number of carbonyl (C=O) groups is 1. The number of hydrogen-bond acceptors (Lipinski definition) is 5. The van der Waals surface area contributed by atoms with Gasteiger partial charge in [-0.15, -0.1) is 0 Å². The number of carbonyl (C=O) groups excluding carboxylic acids is 1. The number of H-pyrrole nitrogens is 1. The van der Waals surface area contributed by atoms with Crippen LogP contribution in [-0.2, 0) is 16.2 Å². The van der Waals surface area contributed by atoms with Crippen molar-refractivity contribution in [3.63, 3.8) is 0 Å². The number of alkyl halides is 3. The van der Waals surface area contributed by atoms with Crippen LogP contribution < -0.4 is 15.6 Å². The number of hydrogen-bond donors (Lipinski definition) is 3. The van der Waals surface area contributed by atoms with Crippen LogP contribution >= 0.6 is 0 Å². The Kier molecular flexibility index (Phi) is 5.25. The Labute approximate surface area is 151 Å². The van der Waals surface area contributed by atoms with E-state index in [2.05, 4.69) is 4.72 Å². The zero-order valence-corrected chi connectivity index (χ0v) is 15.2. The second-order valence-corrected chi connectivity index (χ2v) is 8.17. The van der Waals surface area contributed by atoms with E-state index in [0.717, 1.165) is 12.1 Å². The average Bonchev–Trinajstić information content (AvgIpc) is 2.96. The standard InChI is InChI=1S/C15H16F3N3O5S/c1-14(2,3)21-27(24,25)11-5-4-10(26-11)13(23)20-9-6-8(15(16,17)18)7-19-12(9)22/h4-7,21H,1-3H3,(H,19,22)(H,20,23). The number of aromatic amines is 1. The molecule has 148 valence electrons. The predicted octanol–water partition coefficient (Wildman–Crippen LogP) is 2.32. The van der Waals surface area contributed by atoms with E-state index in [1.54, 1.807) is 20.8 Å². The van der Waals surface area contributed by atoms with Gasteiger partial charge in [-0.3, -0.25) is 9.59 Å². The number of anilines is 1. The zero-order valence-electron chi connectivity index (χ0n) is 14.4. The van der Waals surface area contributed by atoms with Crippen molar-refractivity contribution in [3.05, 3.63) is 46.1 Å². The summed E-state index contributed by atoms with van der Waals surface area (Å²) in [6, 6.07) is 2.49. The van der Waals surface area contributed by atoms with Crippen molar-refractivity contribution in [1.82, 2.24) is 9.71 Å². The van der Waals surface area contributed by atoms with Crippen LogP contribution in [0.3, 0.4) is 0 Å². The number of furan rings is 1. The van der Waals surface area contributed by atoms with Gasteiger partial charge >= 0.3 is 6.18 Å². The van der Waals surface area contributed by atoms with Crippen molar-refractivity contribution in [2.45, 2.75) is 37.6 Å².